The molecule has 1 aliphatic rings. The van der Waals surface area contributed by atoms with Gasteiger partial charge in [0, 0.05) is 23.7 Å². The van der Waals surface area contributed by atoms with E-state index in [0.29, 0.717) is 12.2 Å². The van der Waals surface area contributed by atoms with Crippen molar-refractivity contribution < 1.29 is 9.53 Å². The van der Waals surface area contributed by atoms with Gasteiger partial charge in [-0.2, -0.15) is 0 Å². The summed E-state index contributed by atoms with van der Waals surface area (Å²) in [7, 11) is 1.80. The lowest BCUT2D eigenvalue weighted by molar-refractivity contribution is -0.112. The number of carbonyl (C=O) groups excluding carboxylic acids is 1. The third kappa shape index (κ3) is 2.31. The van der Waals surface area contributed by atoms with Gasteiger partial charge in [0.25, 0.3) is 5.91 Å². The van der Waals surface area contributed by atoms with E-state index in [9.17, 15) is 4.79 Å². The largest absolute Gasteiger partial charge is 0.493 e. The average molecular weight is 279 g/mol. The Morgan fingerprint density at radius 1 is 1.10 bits per heavy atom. The van der Waals surface area contributed by atoms with Gasteiger partial charge >= 0.3 is 0 Å². The highest BCUT2D eigenvalue weighted by Gasteiger charge is 2.29. The van der Waals surface area contributed by atoms with Gasteiger partial charge in [-0.3, -0.25) is 4.79 Å². The fourth-order valence-electron chi connectivity index (χ4n) is 2.58. The van der Waals surface area contributed by atoms with Crippen LogP contribution in [0, 0.1) is 0 Å². The molecule has 21 heavy (non-hydrogen) atoms. The fraction of sp³-hybridized carbons (Fsp3) is 0.167. The Bertz CT molecular complexity index is 719. The van der Waals surface area contributed by atoms with Crippen LogP contribution in [0.25, 0.3) is 11.6 Å². The molecule has 0 saturated carbocycles. The number of likely N-dealkylation sites (N-methyl/N-ethyl adjacent to an activating group) is 1. The van der Waals surface area contributed by atoms with Crippen molar-refractivity contribution in [1.82, 2.24) is 0 Å². The van der Waals surface area contributed by atoms with Gasteiger partial charge in [0.1, 0.15) is 5.75 Å². The van der Waals surface area contributed by atoms with Gasteiger partial charge in [0.15, 0.2) is 0 Å². The highest BCUT2D eigenvalue weighted by atomic mass is 16.5. The van der Waals surface area contributed by atoms with Crippen LogP contribution in [0.2, 0.25) is 0 Å². The molecule has 0 aromatic heterocycles. The Morgan fingerprint density at radius 2 is 1.81 bits per heavy atom. The Balaban J connectivity index is 2.10. The summed E-state index contributed by atoms with van der Waals surface area (Å²) in [5.74, 6) is 0.815. The zero-order chi connectivity index (χ0) is 14.8. The van der Waals surface area contributed by atoms with Gasteiger partial charge in [-0.15, -0.1) is 0 Å². The second-order valence-corrected chi connectivity index (χ2v) is 4.91. The highest BCUT2D eigenvalue weighted by molar-refractivity contribution is 6.35. The number of fused-ring (bicyclic) bond motifs is 1. The fourth-order valence-corrected chi connectivity index (χ4v) is 2.58. The maximum Gasteiger partial charge on any atom is 0.258 e. The van der Waals surface area contributed by atoms with Crippen LogP contribution in [0.3, 0.4) is 0 Å². The van der Waals surface area contributed by atoms with E-state index in [1.54, 1.807) is 11.9 Å². The zero-order valence-electron chi connectivity index (χ0n) is 12.2. The minimum Gasteiger partial charge on any atom is -0.493 e. The van der Waals surface area contributed by atoms with E-state index >= 15 is 0 Å². The molecule has 1 amide bonds. The number of nitrogens with zero attached hydrogens (tertiary/aromatic N) is 1. The smallest absolute Gasteiger partial charge is 0.258 e. The summed E-state index contributed by atoms with van der Waals surface area (Å²) in [5, 5.41) is 0. The lowest BCUT2D eigenvalue weighted by Gasteiger charge is -2.08. The summed E-state index contributed by atoms with van der Waals surface area (Å²) in [5.41, 5.74) is 3.55. The summed E-state index contributed by atoms with van der Waals surface area (Å²) < 4.78 is 5.63. The number of hydrogen-bond donors (Lipinski definition) is 0. The van der Waals surface area contributed by atoms with Crippen molar-refractivity contribution in [3.05, 3.63) is 59.7 Å². The lowest BCUT2D eigenvalue weighted by atomic mass is 10.0. The summed E-state index contributed by atoms with van der Waals surface area (Å²) >= 11 is 0. The second kappa shape index (κ2) is 5.44. The van der Waals surface area contributed by atoms with Crippen LogP contribution in [0.5, 0.6) is 5.75 Å². The van der Waals surface area contributed by atoms with E-state index in [0.717, 1.165) is 22.6 Å². The van der Waals surface area contributed by atoms with Crippen molar-refractivity contribution in [3.63, 3.8) is 0 Å². The number of anilines is 1. The monoisotopic (exact) mass is 279 g/mol. The molecule has 3 nitrogen and oxygen atoms in total. The Hall–Kier alpha value is -2.55. The molecule has 0 spiro atoms. The van der Waals surface area contributed by atoms with Crippen LogP contribution in [0.4, 0.5) is 5.69 Å². The van der Waals surface area contributed by atoms with Gasteiger partial charge in [0.05, 0.1) is 12.3 Å². The normalized spacial score (nSPS) is 15.4. The standard InChI is InChI=1S/C18H17NO2/c1-3-21-17-11-7-4-8-13(17)12-15-14-9-5-6-10-16(14)19(2)18(15)20/h4-12H,3H2,1-2H3/b15-12+. The van der Waals surface area contributed by atoms with Crippen LogP contribution < -0.4 is 9.64 Å². The molecule has 106 valence electrons. The minimum atomic E-state index is 0.0162. The quantitative estimate of drug-likeness (QED) is 0.803. The molecule has 0 aliphatic carbocycles. The molecule has 0 atom stereocenters. The van der Waals surface area contributed by atoms with Crippen molar-refractivity contribution in [2.75, 3.05) is 18.6 Å². The van der Waals surface area contributed by atoms with E-state index in [2.05, 4.69) is 0 Å². The van der Waals surface area contributed by atoms with E-state index in [1.165, 1.54) is 0 Å². The van der Waals surface area contributed by atoms with Crippen molar-refractivity contribution in [3.8, 4) is 5.75 Å². The van der Waals surface area contributed by atoms with Gasteiger partial charge in [-0.25, -0.2) is 0 Å². The molecule has 0 fully saturated rings. The Morgan fingerprint density at radius 3 is 2.62 bits per heavy atom. The van der Waals surface area contributed by atoms with E-state index in [-0.39, 0.29) is 5.91 Å². The number of ether oxygens (including phenoxy) is 1. The maximum absolute atomic E-state index is 12.5. The van der Waals surface area contributed by atoms with E-state index in [4.69, 9.17) is 4.74 Å². The molecule has 3 heteroatoms. The maximum atomic E-state index is 12.5. The molecule has 1 aliphatic heterocycles. The van der Waals surface area contributed by atoms with Gasteiger partial charge in [-0.05, 0) is 25.1 Å². The molecule has 1 heterocycles. The number of carbonyl (C=O) groups is 1. The molecule has 0 saturated heterocycles. The molecule has 0 radical (unpaired) electrons. The molecule has 2 aromatic carbocycles. The Labute approximate surface area is 124 Å². The average Bonchev–Trinajstić information content (AvgIpc) is 2.75. The highest BCUT2D eigenvalue weighted by Crippen LogP contribution is 2.37. The third-order valence-electron chi connectivity index (χ3n) is 3.61. The van der Waals surface area contributed by atoms with Gasteiger partial charge < -0.3 is 9.64 Å². The molecular weight excluding hydrogens is 262 g/mol. The summed E-state index contributed by atoms with van der Waals surface area (Å²) in [6.07, 6.45) is 1.91. The SMILES string of the molecule is CCOc1ccccc1/C=C1/C(=O)N(C)c2ccccc21. The molecule has 0 N–H and O–H groups in total. The van der Waals surface area contributed by atoms with Crippen LogP contribution in [-0.4, -0.2) is 19.6 Å². The minimum absolute atomic E-state index is 0.0162. The first-order valence-electron chi connectivity index (χ1n) is 7.03. The zero-order valence-corrected chi connectivity index (χ0v) is 12.2. The number of rotatable bonds is 3. The van der Waals surface area contributed by atoms with E-state index in [1.807, 2.05) is 61.5 Å². The van der Waals surface area contributed by atoms with Crippen LogP contribution >= 0.6 is 0 Å². The number of amides is 1. The first-order chi connectivity index (χ1) is 10.2. The molecule has 2 aromatic rings. The van der Waals surface area contributed by atoms with Crippen molar-refractivity contribution in [2.24, 2.45) is 0 Å². The van der Waals surface area contributed by atoms with E-state index < -0.39 is 0 Å². The summed E-state index contributed by atoms with van der Waals surface area (Å²) in [4.78, 5) is 14.1. The third-order valence-corrected chi connectivity index (χ3v) is 3.61. The number of benzene rings is 2. The predicted octanol–water partition coefficient (Wildman–Crippen LogP) is 3.60. The number of para-hydroxylation sites is 2. The van der Waals surface area contributed by atoms with Crippen molar-refractivity contribution in [2.45, 2.75) is 6.92 Å². The van der Waals surface area contributed by atoms with Crippen LogP contribution in [-0.2, 0) is 4.79 Å². The Kier molecular flexibility index (Phi) is 3.48. The molecule has 0 unspecified atom stereocenters. The van der Waals surface area contributed by atoms with Crippen LogP contribution in [0.1, 0.15) is 18.1 Å². The molecule has 0 bridgehead atoms. The predicted molar refractivity (Wildman–Crippen MR) is 85.3 cm³/mol. The summed E-state index contributed by atoms with van der Waals surface area (Å²) in [6, 6.07) is 15.6. The lowest BCUT2D eigenvalue weighted by Crippen LogP contribution is -2.20. The van der Waals surface area contributed by atoms with Gasteiger partial charge in [0.2, 0.25) is 0 Å². The first-order valence-corrected chi connectivity index (χ1v) is 7.03. The second-order valence-electron chi connectivity index (χ2n) is 4.91. The topological polar surface area (TPSA) is 29.5 Å². The molecular formula is C18H17NO2. The van der Waals surface area contributed by atoms with Crippen molar-refractivity contribution >= 4 is 23.2 Å². The summed E-state index contributed by atoms with van der Waals surface area (Å²) in [6.45, 7) is 2.55. The first kappa shape index (κ1) is 13.4. The van der Waals surface area contributed by atoms with Gasteiger partial charge in [-0.1, -0.05) is 36.4 Å². The molecule has 3 rings (SSSR count). The van der Waals surface area contributed by atoms with Crippen LogP contribution in [0.15, 0.2) is 48.5 Å². The number of hydrogen-bond acceptors (Lipinski definition) is 2. The van der Waals surface area contributed by atoms with Crippen molar-refractivity contribution in [1.29, 1.82) is 0 Å².